The predicted octanol–water partition coefficient (Wildman–Crippen LogP) is 2.74. The summed E-state index contributed by atoms with van der Waals surface area (Å²) in [5, 5.41) is 16.2. The number of rotatable bonds is 4. The summed E-state index contributed by atoms with van der Waals surface area (Å²) in [4.78, 5) is 16.9. The first-order valence-electron chi connectivity index (χ1n) is 9.15. The van der Waals surface area contributed by atoms with E-state index in [9.17, 15) is 9.90 Å². The third-order valence-corrected chi connectivity index (χ3v) is 5.16. The fourth-order valence-corrected chi connectivity index (χ4v) is 4.05. The zero-order valence-corrected chi connectivity index (χ0v) is 15.5. The van der Waals surface area contributed by atoms with Gasteiger partial charge < -0.3 is 9.67 Å². The molecule has 1 aliphatic carbocycles. The molecule has 26 heavy (non-hydrogen) atoms. The lowest BCUT2D eigenvalue weighted by Gasteiger charge is -2.18. The van der Waals surface area contributed by atoms with Crippen LogP contribution in [0.1, 0.15) is 46.1 Å². The molecular weight excluding hydrogens is 328 g/mol. The minimum absolute atomic E-state index is 0.181. The van der Waals surface area contributed by atoms with Gasteiger partial charge in [0.05, 0.1) is 24.9 Å². The average Bonchev–Trinajstić information content (AvgIpc) is 3.05. The average molecular weight is 352 g/mol. The first kappa shape index (κ1) is 17.0. The van der Waals surface area contributed by atoms with Crippen molar-refractivity contribution in [2.24, 2.45) is 0 Å². The smallest absolute Gasteiger partial charge is 0.179 e. The van der Waals surface area contributed by atoms with Crippen LogP contribution in [0.3, 0.4) is 0 Å². The number of hydrogen-bond donors (Lipinski definition) is 1. The number of aliphatic hydroxyl groups excluding tert-OH is 1. The summed E-state index contributed by atoms with van der Waals surface area (Å²) < 4.78 is 3.74. The van der Waals surface area contributed by atoms with Gasteiger partial charge in [-0.3, -0.25) is 4.79 Å². The molecule has 6 nitrogen and oxygen atoms in total. The third kappa shape index (κ3) is 2.84. The number of carbonyl (C=O) groups excluding carboxylic acids is 1. The van der Waals surface area contributed by atoms with E-state index in [4.69, 9.17) is 0 Å². The minimum Gasteiger partial charge on any atom is -0.389 e. The number of aryl methyl sites for hydroxylation is 4. The van der Waals surface area contributed by atoms with Crippen molar-refractivity contribution in [2.75, 3.05) is 0 Å². The van der Waals surface area contributed by atoms with Gasteiger partial charge in [0.1, 0.15) is 11.6 Å². The van der Waals surface area contributed by atoms with E-state index in [1.54, 1.807) is 4.68 Å². The number of aromatic nitrogens is 4. The Morgan fingerprint density at radius 1 is 1.19 bits per heavy atom. The van der Waals surface area contributed by atoms with E-state index in [1.807, 2.05) is 18.4 Å². The maximum absolute atomic E-state index is 12.6. The van der Waals surface area contributed by atoms with Crippen LogP contribution in [-0.2, 0) is 19.5 Å². The lowest BCUT2D eigenvalue weighted by Crippen LogP contribution is -2.26. The topological polar surface area (TPSA) is 72.9 Å². The highest BCUT2D eigenvalue weighted by atomic mass is 16.3. The Balaban J connectivity index is 1.72. The molecule has 2 heterocycles. The van der Waals surface area contributed by atoms with Gasteiger partial charge in [-0.1, -0.05) is 11.6 Å². The molecule has 6 heteroatoms. The number of hydrogen-bond acceptors (Lipinski definition) is 4. The molecule has 1 unspecified atom stereocenters. The second kappa shape index (κ2) is 6.36. The van der Waals surface area contributed by atoms with Gasteiger partial charge in [0.25, 0.3) is 0 Å². The predicted molar refractivity (Wildman–Crippen MR) is 99.4 cm³/mol. The van der Waals surface area contributed by atoms with Crippen molar-refractivity contribution in [3.05, 3.63) is 46.7 Å². The van der Waals surface area contributed by atoms with Crippen LogP contribution in [0.15, 0.2) is 18.2 Å². The Bertz CT molecular complexity index is 999. The molecule has 4 rings (SSSR count). The Morgan fingerprint density at radius 2 is 2.00 bits per heavy atom. The molecular formula is C20H24N4O2. The Kier molecular flexibility index (Phi) is 4.15. The molecule has 0 amide bonds. The zero-order valence-electron chi connectivity index (χ0n) is 15.5. The highest BCUT2D eigenvalue weighted by Crippen LogP contribution is 2.33. The molecule has 1 aromatic carbocycles. The Labute approximate surface area is 152 Å². The standard InChI is InChI=1S/C20H24N4O2/c1-12-7-8-18-17(9-12)16-5-4-6-19(26)20(16)23(18)10-15(25)11-24-14(3)21-13(2)22-24/h7-9,15,25H,4-6,10-11H2,1-3H3. The van der Waals surface area contributed by atoms with E-state index in [1.165, 1.54) is 5.56 Å². The van der Waals surface area contributed by atoms with Crippen molar-refractivity contribution < 1.29 is 9.90 Å². The van der Waals surface area contributed by atoms with E-state index in [0.717, 1.165) is 40.8 Å². The van der Waals surface area contributed by atoms with Gasteiger partial charge in [-0.25, -0.2) is 9.67 Å². The van der Waals surface area contributed by atoms with Crippen molar-refractivity contribution in [1.29, 1.82) is 0 Å². The molecule has 0 aliphatic heterocycles. The summed E-state index contributed by atoms with van der Waals surface area (Å²) in [7, 11) is 0. The molecule has 3 aromatic rings. The maximum Gasteiger partial charge on any atom is 0.179 e. The van der Waals surface area contributed by atoms with E-state index in [2.05, 4.69) is 35.2 Å². The quantitative estimate of drug-likeness (QED) is 0.784. The number of benzene rings is 1. The highest BCUT2D eigenvalue weighted by Gasteiger charge is 2.27. The van der Waals surface area contributed by atoms with Crippen molar-refractivity contribution in [1.82, 2.24) is 19.3 Å². The Hall–Kier alpha value is -2.47. The number of ketones is 1. The van der Waals surface area contributed by atoms with Gasteiger partial charge in [0.15, 0.2) is 5.78 Å². The summed E-state index contributed by atoms with van der Waals surface area (Å²) >= 11 is 0. The molecule has 0 spiro atoms. The van der Waals surface area contributed by atoms with E-state index in [0.29, 0.717) is 25.3 Å². The SMILES string of the molecule is Cc1ccc2c(c1)c1c(n2CC(O)Cn2nc(C)nc2C)C(=O)CCC1. The van der Waals surface area contributed by atoms with E-state index >= 15 is 0 Å². The fourth-order valence-electron chi connectivity index (χ4n) is 4.05. The van der Waals surface area contributed by atoms with Gasteiger partial charge in [0.2, 0.25) is 0 Å². The first-order chi connectivity index (χ1) is 12.4. The van der Waals surface area contributed by atoms with E-state index < -0.39 is 6.10 Å². The number of carbonyl (C=O) groups is 1. The van der Waals surface area contributed by atoms with Gasteiger partial charge in [-0.05, 0) is 51.3 Å². The van der Waals surface area contributed by atoms with Crippen LogP contribution in [-0.4, -0.2) is 36.3 Å². The van der Waals surface area contributed by atoms with Crippen molar-refractivity contribution >= 4 is 16.7 Å². The minimum atomic E-state index is -0.648. The van der Waals surface area contributed by atoms with Gasteiger partial charge in [-0.15, -0.1) is 0 Å². The van der Waals surface area contributed by atoms with Crippen LogP contribution in [0, 0.1) is 20.8 Å². The Morgan fingerprint density at radius 3 is 2.73 bits per heavy atom. The molecule has 136 valence electrons. The molecule has 1 N–H and O–H groups in total. The monoisotopic (exact) mass is 352 g/mol. The lowest BCUT2D eigenvalue weighted by molar-refractivity contribution is 0.0952. The number of fused-ring (bicyclic) bond motifs is 3. The zero-order chi connectivity index (χ0) is 18.4. The lowest BCUT2D eigenvalue weighted by atomic mass is 9.94. The van der Waals surface area contributed by atoms with Crippen LogP contribution >= 0.6 is 0 Å². The first-order valence-corrected chi connectivity index (χ1v) is 9.15. The molecule has 0 bridgehead atoms. The summed E-state index contributed by atoms with van der Waals surface area (Å²) in [5.74, 6) is 1.66. The van der Waals surface area contributed by atoms with Crippen molar-refractivity contribution in [3.8, 4) is 0 Å². The molecule has 0 saturated carbocycles. The third-order valence-electron chi connectivity index (χ3n) is 5.16. The molecule has 2 aromatic heterocycles. The normalized spacial score (nSPS) is 15.5. The second-order valence-electron chi connectivity index (χ2n) is 7.28. The van der Waals surface area contributed by atoms with Gasteiger partial charge in [-0.2, -0.15) is 5.10 Å². The fraction of sp³-hybridized carbons (Fsp3) is 0.450. The van der Waals surface area contributed by atoms with Crippen LogP contribution in [0.25, 0.3) is 10.9 Å². The molecule has 1 atom stereocenters. The highest BCUT2D eigenvalue weighted by molar-refractivity contribution is 6.04. The summed E-state index contributed by atoms with van der Waals surface area (Å²) in [6.45, 7) is 6.53. The molecule has 0 saturated heterocycles. The summed E-state index contributed by atoms with van der Waals surface area (Å²) in [6, 6.07) is 6.28. The number of Topliss-reactive ketones (excluding diaryl/α,β-unsaturated/α-hetero) is 1. The maximum atomic E-state index is 12.6. The van der Waals surface area contributed by atoms with Crippen LogP contribution in [0.2, 0.25) is 0 Å². The van der Waals surface area contributed by atoms with Crippen molar-refractivity contribution in [2.45, 2.75) is 59.2 Å². The van der Waals surface area contributed by atoms with Crippen molar-refractivity contribution in [3.63, 3.8) is 0 Å². The summed E-state index contributed by atoms with van der Waals surface area (Å²) in [6.07, 6.45) is 1.76. The van der Waals surface area contributed by atoms with Crippen LogP contribution in [0.4, 0.5) is 0 Å². The number of aliphatic hydroxyl groups is 1. The largest absolute Gasteiger partial charge is 0.389 e. The van der Waals surface area contributed by atoms with Crippen LogP contribution in [0.5, 0.6) is 0 Å². The molecule has 1 aliphatic rings. The summed E-state index contributed by atoms with van der Waals surface area (Å²) in [5.41, 5.74) is 4.13. The number of nitrogens with zero attached hydrogens (tertiary/aromatic N) is 4. The van der Waals surface area contributed by atoms with E-state index in [-0.39, 0.29) is 5.78 Å². The van der Waals surface area contributed by atoms with Crippen LogP contribution < -0.4 is 0 Å². The molecule has 0 fully saturated rings. The van der Waals surface area contributed by atoms with Gasteiger partial charge in [0, 0.05) is 17.3 Å². The van der Waals surface area contributed by atoms with Gasteiger partial charge >= 0.3 is 0 Å². The molecule has 0 radical (unpaired) electrons. The second-order valence-corrected chi connectivity index (χ2v) is 7.28.